The van der Waals surface area contributed by atoms with Crippen LogP contribution in [0.2, 0.25) is 0 Å². The van der Waals surface area contributed by atoms with Gasteiger partial charge in [-0.3, -0.25) is 4.79 Å². The Morgan fingerprint density at radius 3 is 2.90 bits per heavy atom. The van der Waals surface area contributed by atoms with E-state index in [0.29, 0.717) is 18.7 Å². The molecule has 1 aromatic carbocycles. The number of rotatable bonds is 2. The zero-order chi connectivity index (χ0) is 14.5. The van der Waals surface area contributed by atoms with Crippen LogP contribution >= 0.6 is 0 Å². The van der Waals surface area contributed by atoms with E-state index < -0.39 is 5.82 Å². The summed E-state index contributed by atoms with van der Waals surface area (Å²) in [7, 11) is 0. The van der Waals surface area contributed by atoms with Crippen LogP contribution in [0.4, 0.5) is 4.39 Å². The monoisotopic (exact) mass is 277 g/mol. The lowest BCUT2D eigenvalue weighted by Crippen LogP contribution is -2.29. The highest BCUT2D eigenvalue weighted by molar-refractivity contribution is 5.95. The van der Waals surface area contributed by atoms with Gasteiger partial charge in [0, 0.05) is 31.2 Å². The number of hydrogen-bond acceptors (Lipinski definition) is 3. The third-order valence-electron chi connectivity index (χ3n) is 3.34. The summed E-state index contributed by atoms with van der Waals surface area (Å²) in [5.74, 6) is 4.21. The Kier molecular flexibility index (Phi) is 4.72. The molecule has 0 radical (unpaired) electrons. The van der Waals surface area contributed by atoms with Gasteiger partial charge in [-0.2, -0.15) is 0 Å². The number of likely N-dealkylation sites (tertiary alicyclic amines) is 1. The summed E-state index contributed by atoms with van der Waals surface area (Å²) in [5, 5.41) is 17.7. The first-order valence-corrected chi connectivity index (χ1v) is 6.45. The van der Waals surface area contributed by atoms with Crippen LogP contribution in [0.5, 0.6) is 0 Å². The lowest BCUT2D eigenvalue weighted by molar-refractivity contribution is 0.0777. The molecule has 0 aliphatic carbocycles. The maximum atomic E-state index is 13.8. The molecule has 1 fully saturated rings. The van der Waals surface area contributed by atoms with Crippen LogP contribution in [0.1, 0.15) is 22.3 Å². The molecule has 1 unspecified atom stereocenters. The highest BCUT2D eigenvalue weighted by Crippen LogP contribution is 2.20. The Morgan fingerprint density at radius 2 is 2.25 bits per heavy atom. The van der Waals surface area contributed by atoms with Gasteiger partial charge < -0.3 is 15.1 Å². The third-order valence-corrected chi connectivity index (χ3v) is 3.34. The number of carbonyl (C=O) groups is 1. The normalized spacial score (nSPS) is 17.8. The quantitative estimate of drug-likeness (QED) is 0.779. The summed E-state index contributed by atoms with van der Waals surface area (Å²) < 4.78 is 13.8. The average Bonchev–Trinajstić information content (AvgIpc) is 2.94. The van der Waals surface area contributed by atoms with Gasteiger partial charge in [0.25, 0.3) is 5.91 Å². The van der Waals surface area contributed by atoms with Gasteiger partial charge in [0.2, 0.25) is 0 Å². The standard InChI is InChI=1S/C15H16FNO3/c16-14-4-3-11(2-1-7-18)8-13(14)15(20)17-6-5-12(9-17)10-19/h3-4,8,12,18-19H,5-7,9-10H2. The third kappa shape index (κ3) is 3.16. The molecule has 20 heavy (non-hydrogen) atoms. The highest BCUT2D eigenvalue weighted by Gasteiger charge is 2.27. The van der Waals surface area contributed by atoms with Crippen LogP contribution < -0.4 is 0 Å². The smallest absolute Gasteiger partial charge is 0.256 e. The van der Waals surface area contributed by atoms with Gasteiger partial charge in [-0.05, 0) is 24.6 Å². The molecule has 5 heteroatoms. The predicted molar refractivity (Wildman–Crippen MR) is 71.5 cm³/mol. The molecule has 1 amide bonds. The topological polar surface area (TPSA) is 60.8 Å². The molecule has 2 rings (SSSR count). The summed E-state index contributed by atoms with van der Waals surface area (Å²) >= 11 is 0. The second kappa shape index (κ2) is 6.51. The van der Waals surface area contributed by atoms with Crippen LogP contribution in [0.25, 0.3) is 0 Å². The van der Waals surface area contributed by atoms with Gasteiger partial charge >= 0.3 is 0 Å². The number of hydrogen-bond donors (Lipinski definition) is 2. The fraction of sp³-hybridized carbons (Fsp3) is 0.400. The molecule has 1 aliphatic rings. The van der Waals surface area contributed by atoms with E-state index in [1.165, 1.54) is 18.2 Å². The van der Waals surface area contributed by atoms with E-state index in [4.69, 9.17) is 10.2 Å². The zero-order valence-electron chi connectivity index (χ0n) is 11.0. The Hall–Kier alpha value is -1.90. The summed E-state index contributed by atoms with van der Waals surface area (Å²) in [4.78, 5) is 13.8. The minimum atomic E-state index is -0.586. The van der Waals surface area contributed by atoms with Gasteiger partial charge in [0.05, 0.1) is 5.56 Å². The first-order chi connectivity index (χ1) is 9.65. The number of halogens is 1. The molecular formula is C15H16FNO3. The number of nitrogens with zero attached hydrogens (tertiary/aromatic N) is 1. The van der Waals surface area contributed by atoms with Gasteiger partial charge in [0.1, 0.15) is 12.4 Å². The minimum Gasteiger partial charge on any atom is -0.396 e. The lowest BCUT2D eigenvalue weighted by Gasteiger charge is -2.16. The first kappa shape index (κ1) is 14.5. The summed E-state index contributed by atoms with van der Waals surface area (Å²) in [6, 6.07) is 4.07. The molecule has 1 aliphatic heterocycles. The molecule has 106 valence electrons. The van der Waals surface area contributed by atoms with Crippen molar-refractivity contribution in [1.82, 2.24) is 4.90 Å². The SMILES string of the molecule is O=C(c1cc(C#CCO)ccc1F)N1CCC(CO)C1. The van der Waals surface area contributed by atoms with Crippen molar-refractivity contribution < 1.29 is 19.4 Å². The molecule has 1 heterocycles. The molecule has 0 saturated carbocycles. The van der Waals surface area contributed by atoms with E-state index in [1.807, 2.05) is 0 Å². The van der Waals surface area contributed by atoms with E-state index in [-0.39, 0.29) is 30.6 Å². The number of benzene rings is 1. The first-order valence-electron chi connectivity index (χ1n) is 6.45. The van der Waals surface area contributed by atoms with Crippen LogP contribution in [-0.4, -0.2) is 47.3 Å². The molecule has 1 saturated heterocycles. The number of amides is 1. The number of carbonyl (C=O) groups excluding carboxylic acids is 1. The van der Waals surface area contributed by atoms with Gasteiger partial charge in [0.15, 0.2) is 0 Å². The molecule has 1 aromatic rings. The van der Waals surface area contributed by atoms with E-state index in [1.54, 1.807) is 4.90 Å². The van der Waals surface area contributed by atoms with E-state index in [2.05, 4.69) is 11.8 Å². The second-order valence-electron chi connectivity index (χ2n) is 4.74. The van der Waals surface area contributed by atoms with Gasteiger partial charge in [-0.15, -0.1) is 0 Å². The highest BCUT2D eigenvalue weighted by atomic mass is 19.1. The van der Waals surface area contributed by atoms with Crippen LogP contribution in [0, 0.1) is 23.6 Å². The molecule has 2 N–H and O–H groups in total. The van der Waals surface area contributed by atoms with Crippen molar-refractivity contribution in [2.75, 3.05) is 26.3 Å². The van der Waals surface area contributed by atoms with Crippen molar-refractivity contribution in [1.29, 1.82) is 0 Å². The molecule has 1 atom stereocenters. The Balaban J connectivity index is 2.21. The van der Waals surface area contributed by atoms with E-state index in [0.717, 1.165) is 6.42 Å². The summed E-state index contributed by atoms with van der Waals surface area (Å²) in [6.45, 7) is 0.719. The molecule has 0 aromatic heterocycles. The number of aliphatic hydroxyl groups excluding tert-OH is 2. The number of aliphatic hydroxyl groups is 2. The minimum absolute atomic E-state index is 0.0201. The average molecular weight is 277 g/mol. The zero-order valence-corrected chi connectivity index (χ0v) is 11.0. The lowest BCUT2D eigenvalue weighted by atomic mass is 10.1. The van der Waals surface area contributed by atoms with Crippen molar-refractivity contribution >= 4 is 5.91 Å². The molecule has 0 spiro atoms. The molecule has 4 nitrogen and oxygen atoms in total. The molecular weight excluding hydrogens is 261 g/mol. The fourth-order valence-electron chi connectivity index (χ4n) is 2.24. The van der Waals surface area contributed by atoms with Crippen molar-refractivity contribution in [2.45, 2.75) is 6.42 Å². The summed E-state index contributed by atoms with van der Waals surface area (Å²) in [5.41, 5.74) is 0.468. The van der Waals surface area contributed by atoms with Crippen LogP contribution in [0.15, 0.2) is 18.2 Å². The second-order valence-corrected chi connectivity index (χ2v) is 4.74. The summed E-state index contributed by atoms with van der Waals surface area (Å²) in [6.07, 6.45) is 0.730. The fourth-order valence-corrected chi connectivity index (χ4v) is 2.24. The van der Waals surface area contributed by atoms with Crippen molar-refractivity contribution in [2.24, 2.45) is 5.92 Å². The van der Waals surface area contributed by atoms with E-state index >= 15 is 0 Å². The Morgan fingerprint density at radius 1 is 1.45 bits per heavy atom. The van der Waals surface area contributed by atoms with Gasteiger partial charge in [-0.25, -0.2) is 4.39 Å². The van der Waals surface area contributed by atoms with Crippen LogP contribution in [0.3, 0.4) is 0 Å². The van der Waals surface area contributed by atoms with Gasteiger partial charge in [-0.1, -0.05) is 11.8 Å². The maximum Gasteiger partial charge on any atom is 0.256 e. The van der Waals surface area contributed by atoms with E-state index in [9.17, 15) is 9.18 Å². The van der Waals surface area contributed by atoms with Crippen molar-refractivity contribution in [3.63, 3.8) is 0 Å². The largest absolute Gasteiger partial charge is 0.396 e. The Bertz CT molecular complexity index is 562. The predicted octanol–water partition coefficient (Wildman–Crippen LogP) is 0.624. The van der Waals surface area contributed by atoms with Crippen molar-refractivity contribution in [3.05, 3.63) is 35.1 Å². The van der Waals surface area contributed by atoms with Crippen molar-refractivity contribution in [3.8, 4) is 11.8 Å². The molecule has 0 bridgehead atoms. The Labute approximate surface area is 116 Å². The maximum absolute atomic E-state index is 13.8. The van der Waals surface area contributed by atoms with Crippen LogP contribution in [-0.2, 0) is 0 Å².